The first kappa shape index (κ1) is 14.9. The molecule has 0 radical (unpaired) electrons. The minimum atomic E-state index is -0.931. The first-order chi connectivity index (χ1) is 8.75. The second-order valence-electron chi connectivity index (χ2n) is 4.39. The van der Waals surface area contributed by atoms with E-state index < -0.39 is 23.6 Å². The minimum absolute atomic E-state index is 0.0630. The van der Waals surface area contributed by atoms with Crippen LogP contribution in [0.3, 0.4) is 0 Å². The van der Waals surface area contributed by atoms with E-state index in [9.17, 15) is 14.4 Å². The smallest absolute Gasteiger partial charge is 0.348 e. The van der Waals surface area contributed by atoms with Crippen molar-refractivity contribution in [1.82, 2.24) is 9.55 Å². The van der Waals surface area contributed by atoms with Crippen LogP contribution in [-0.4, -0.2) is 26.5 Å². The van der Waals surface area contributed by atoms with Crippen LogP contribution < -0.4 is 11.4 Å². The molecule has 0 aromatic carbocycles. The number of aryl methyl sites for hydroxylation is 1. The van der Waals surface area contributed by atoms with Crippen LogP contribution in [0, 0.1) is 13.8 Å². The molecule has 0 spiro atoms. The van der Waals surface area contributed by atoms with Gasteiger partial charge in [0.05, 0.1) is 0 Å². The van der Waals surface area contributed by atoms with Crippen LogP contribution in [0.25, 0.3) is 0 Å². The second kappa shape index (κ2) is 5.64. The number of aromatic nitrogens is 2. The molecule has 1 heterocycles. The maximum Gasteiger partial charge on any atom is 0.348 e. The molecule has 1 aromatic heterocycles. The van der Waals surface area contributed by atoms with E-state index in [1.807, 2.05) is 0 Å². The van der Waals surface area contributed by atoms with Crippen molar-refractivity contribution in [2.24, 2.45) is 5.73 Å². The second-order valence-corrected chi connectivity index (χ2v) is 4.39. The van der Waals surface area contributed by atoms with Crippen molar-refractivity contribution >= 4 is 11.9 Å². The highest BCUT2D eigenvalue weighted by molar-refractivity contribution is 5.78. The highest BCUT2D eigenvalue weighted by Crippen LogP contribution is 2.15. The van der Waals surface area contributed by atoms with Crippen LogP contribution in [0.1, 0.15) is 36.3 Å². The molecule has 0 bridgehead atoms. The molecule has 0 saturated heterocycles. The first-order valence-electron chi connectivity index (χ1n) is 5.85. The molecule has 1 amide bonds. The van der Waals surface area contributed by atoms with Gasteiger partial charge in [0.25, 0.3) is 0 Å². The lowest BCUT2D eigenvalue weighted by molar-refractivity contribution is -0.137. The summed E-state index contributed by atoms with van der Waals surface area (Å²) >= 11 is 0. The number of aliphatic carboxylic acids is 1. The average Bonchev–Trinajstić information content (AvgIpc) is 2.27. The minimum Gasteiger partial charge on any atom is -0.481 e. The van der Waals surface area contributed by atoms with Gasteiger partial charge in [-0.1, -0.05) is 0 Å². The molecule has 0 aliphatic carbocycles. The van der Waals surface area contributed by atoms with Crippen molar-refractivity contribution in [3.8, 4) is 0 Å². The van der Waals surface area contributed by atoms with Gasteiger partial charge in [0, 0.05) is 17.8 Å². The Balaban J connectivity index is 3.34. The van der Waals surface area contributed by atoms with Crippen LogP contribution in [0.2, 0.25) is 0 Å². The summed E-state index contributed by atoms with van der Waals surface area (Å²) in [4.78, 5) is 37.5. The molecular weight excluding hydrogens is 250 g/mol. The lowest BCUT2D eigenvalue weighted by atomic mass is 10.1. The molecule has 7 heteroatoms. The summed E-state index contributed by atoms with van der Waals surface area (Å²) in [7, 11) is 0. The number of nitrogens with two attached hydrogens (primary N) is 1. The number of rotatable bonds is 5. The van der Waals surface area contributed by atoms with Gasteiger partial charge in [0.1, 0.15) is 6.04 Å². The Bertz CT molecular complexity index is 577. The van der Waals surface area contributed by atoms with Crippen molar-refractivity contribution in [2.45, 2.75) is 39.7 Å². The summed E-state index contributed by atoms with van der Waals surface area (Å²) in [6, 6.07) is -0.816. The van der Waals surface area contributed by atoms with E-state index in [1.54, 1.807) is 13.8 Å². The van der Waals surface area contributed by atoms with E-state index in [1.165, 1.54) is 11.5 Å². The molecule has 0 aliphatic rings. The summed E-state index contributed by atoms with van der Waals surface area (Å²) in [6.45, 7) is 4.81. The lowest BCUT2D eigenvalue weighted by Crippen LogP contribution is -2.36. The van der Waals surface area contributed by atoms with Crippen LogP contribution >= 0.6 is 0 Å². The van der Waals surface area contributed by atoms with Gasteiger partial charge in [0.15, 0.2) is 0 Å². The standard InChI is InChI=1S/C12H17N3O4/c1-6-9(4-5-10(16)17)7(2)15(12(19)14-6)8(3)11(13)18/h8H,4-5H2,1-3H3,(H2,13,18)(H,16,17). The Morgan fingerprint density at radius 1 is 1.42 bits per heavy atom. The monoisotopic (exact) mass is 267 g/mol. The van der Waals surface area contributed by atoms with Gasteiger partial charge in [-0.05, 0) is 32.8 Å². The van der Waals surface area contributed by atoms with E-state index in [0.29, 0.717) is 17.0 Å². The summed E-state index contributed by atoms with van der Waals surface area (Å²) in [5.74, 6) is -1.57. The van der Waals surface area contributed by atoms with Gasteiger partial charge < -0.3 is 10.8 Å². The van der Waals surface area contributed by atoms with E-state index in [-0.39, 0.29) is 12.8 Å². The Hall–Kier alpha value is -2.18. The fourth-order valence-corrected chi connectivity index (χ4v) is 1.99. The largest absolute Gasteiger partial charge is 0.481 e. The number of carboxylic acid groups (broad SMARTS) is 1. The van der Waals surface area contributed by atoms with E-state index in [4.69, 9.17) is 10.8 Å². The van der Waals surface area contributed by atoms with Crippen LogP contribution in [0.4, 0.5) is 0 Å². The summed E-state index contributed by atoms with van der Waals surface area (Å²) in [6.07, 6.45) is 0.193. The Morgan fingerprint density at radius 2 is 2.00 bits per heavy atom. The van der Waals surface area contributed by atoms with E-state index in [2.05, 4.69) is 4.98 Å². The van der Waals surface area contributed by atoms with Crippen molar-refractivity contribution in [3.05, 3.63) is 27.4 Å². The number of carbonyl (C=O) groups excluding carboxylic acids is 1. The number of carbonyl (C=O) groups is 2. The molecule has 7 nitrogen and oxygen atoms in total. The normalized spacial score (nSPS) is 12.2. The number of hydrogen-bond donors (Lipinski definition) is 2. The zero-order valence-electron chi connectivity index (χ0n) is 11.1. The Morgan fingerprint density at radius 3 is 2.47 bits per heavy atom. The Kier molecular flexibility index (Phi) is 4.42. The van der Waals surface area contributed by atoms with E-state index in [0.717, 1.165) is 0 Å². The van der Waals surface area contributed by atoms with Crippen LogP contribution in [0.15, 0.2) is 4.79 Å². The SMILES string of the molecule is Cc1nc(=O)n(C(C)C(N)=O)c(C)c1CCC(=O)O. The van der Waals surface area contributed by atoms with Gasteiger partial charge in [-0.15, -0.1) is 0 Å². The zero-order valence-corrected chi connectivity index (χ0v) is 11.1. The molecular formula is C12H17N3O4. The fourth-order valence-electron chi connectivity index (χ4n) is 1.99. The number of amides is 1. The summed E-state index contributed by atoms with van der Waals surface area (Å²) in [5.41, 5.74) is 6.32. The molecule has 3 N–H and O–H groups in total. The molecule has 0 saturated carbocycles. The maximum atomic E-state index is 11.8. The Labute approximate surface area is 110 Å². The van der Waals surface area contributed by atoms with Crippen molar-refractivity contribution in [3.63, 3.8) is 0 Å². The van der Waals surface area contributed by atoms with Gasteiger partial charge in [-0.2, -0.15) is 4.98 Å². The maximum absolute atomic E-state index is 11.8. The molecule has 1 aromatic rings. The molecule has 104 valence electrons. The summed E-state index contributed by atoms with van der Waals surface area (Å²) < 4.78 is 1.20. The molecule has 0 aliphatic heterocycles. The number of carboxylic acids is 1. The van der Waals surface area contributed by atoms with Crippen molar-refractivity contribution < 1.29 is 14.7 Å². The number of primary amides is 1. The third-order valence-electron chi connectivity index (χ3n) is 3.09. The van der Waals surface area contributed by atoms with E-state index >= 15 is 0 Å². The topological polar surface area (TPSA) is 115 Å². The predicted octanol–water partition coefficient (Wildman–Crippen LogP) is -0.0764. The van der Waals surface area contributed by atoms with Gasteiger partial charge in [-0.25, -0.2) is 4.79 Å². The number of hydrogen-bond acceptors (Lipinski definition) is 4. The third kappa shape index (κ3) is 3.18. The van der Waals surface area contributed by atoms with Crippen molar-refractivity contribution in [2.75, 3.05) is 0 Å². The first-order valence-corrected chi connectivity index (χ1v) is 5.85. The number of nitrogens with zero attached hydrogens (tertiary/aromatic N) is 2. The van der Waals surface area contributed by atoms with Crippen LogP contribution in [0.5, 0.6) is 0 Å². The molecule has 1 rings (SSSR count). The highest BCUT2D eigenvalue weighted by atomic mass is 16.4. The summed E-state index contributed by atoms with van der Waals surface area (Å²) in [5, 5.41) is 8.71. The van der Waals surface area contributed by atoms with Gasteiger partial charge in [-0.3, -0.25) is 14.2 Å². The predicted molar refractivity (Wildman–Crippen MR) is 67.8 cm³/mol. The molecule has 19 heavy (non-hydrogen) atoms. The van der Waals surface area contributed by atoms with Gasteiger partial charge in [0.2, 0.25) is 5.91 Å². The molecule has 1 atom stereocenters. The third-order valence-corrected chi connectivity index (χ3v) is 3.09. The lowest BCUT2D eigenvalue weighted by Gasteiger charge is -2.18. The van der Waals surface area contributed by atoms with Gasteiger partial charge >= 0.3 is 11.7 Å². The van der Waals surface area contributed by atoms with Crippen molar-refractivity contribution in [1.29, 1.82) is 0 Å². The zero-order chi connectivity index (χ0) is 14.7. The highest BCUT2D eigenvalue weighted by Gasteiger charge is 2.19. The molecule has 0 fully saturated rings. The quantitative estimate of drug-likeness (QED) is 0.774. The fraction of sp³-hybridized carbons (Fsp3) is 0.500. The molecule has 1 unspecified atom stereocenters. The average molecular weight is 267 g/mol. The van der Waals surface area contributed by atoms with Crippen LogP contribution in [-0.2, 0) is 16.0 Å².